The molecule has 3 rings (SSSR count). The van der Waals surface area contributed by atoms with Gasteiger partial charge in [-0.25, -0.2) is 4.98 Å². The minimum Gasteiger partial charge on any atom is -0.283 e. The zero-order chi connectivity index (χ0) is 17.5. The van der Waals surface area contributed by atoms with Crippen molar-refractivity contribution in [1.82, 2.24) is 9.38 Å². The maximum Gasteiger partial charge on any atom is 0.183 e. The van der Waals surface area contributed by atoms with Crippen molar-refractivity contribution in [2.45, 2.75) is 47.0 Å². The van der Waals surface area contributed by atoms with Gasteiger partial charge in [0.25, 0.3) is 0 Å². The van der Waals surface area contributed by atoms with E-state index < -0.39 is 0 Å². The topological polar surface area (TPSA) is 42.0 Å². The van der Waals surface area contributed by atoms with E-state index in [0.29, 0.717) is 0 Å². The first-order chi connectivity index (χ1) is 11.2. The molecule has 0 spiro atoms. The fourth-order valence-electron chi connectivity index (χ4n) is 2.85. The van der Waals surface area contributed by atoms with Gasteiger partial charge < -0.3 is 0 Å². The molecule has 124 valence electrons. The molecular weight excluding hydrogens is 296 g/mol. The van der Waals surface area contributed by atoms with Crippen LogP contribution in [0.3, 0.4) is 0 Å². The average Bonchev–Trinajstić information content (AvgIpc) is 2.82. The molecule has 2 aromatic heterocycles. The van der Waals surface area contributed by atoms with Gasteiger partial charge in [-0.1, -0.05) is 26.8 Å². The SMILES string of the molecule is Cc1cc(C)cc(N=Nc2c(C(C)(C)C)nc3cc(C)ccn23)c1. The molecule has 0 fully saturated rings. The monoisotopic (exact) mass is 320 g/mol. The van der Waals surface area contributed by atoms with Crippen LogP contribution >= 0.6 is 0 Å². The number of aryl methyl sites for hydroxylation is 3. The zero-order valence-electron chi connectivity index (χ0n) is 15.3. The van der Waals surface area contributed by atoms with E-state index in [0.717, 1.165) is 22.8 Å². The second-order valence-electron chi connectivity index (χ2n) is 7.51. The van der Waals surface area contributed by atoms with Gasteiger partial charge in [0.1, 0.15) is 5.65 Å². The molecule has 1 aromatic carbocycles. The number of pyridine rings is 1. The van der Waals surface area contributed by atoms with Crippen molar-refractivity contribution in [3.05, 3.63) is 58.9 Å². The van der Waals surface area contributed by atoms with Crippen molar-refractivity contribution >= 4 is 17.2 Å². The number of benzene rings is 1. The maximum absolute atomic E-state index is 4.80. The normalized spacial score (nSPS) is 12.4. The van der Waals surface area contributed by atoms with E-state index in [9.17, 15) is 0 Å². The molecule has 0 radical (unpaired) electrons. The molecule has 2 heterocycles. The lowest BCUT2D eigenvalue weighted by Gasteiger charge is -2.15. The fourth-order valence-corrected chi connectivity index (χ4v) is 2.85. The van der Waals surface area contributed by atoms with Crippen LogP contribution < -0.4 is 0 Å². The first-order valence-electron chi connectivity index (χ1n) is 8.23. The molecule has 4 heteroatoms. The Bertz CT molecular complexity index is 906. The van der Waals surface area contributed by atoms with Crippen molar-refractivity contribution in [1.29, 1.82) is 0 Å². The van der Waals surface area contributed by atoms with E-state index in [2.05, 4.69) is 70.0 Å². The van der Waals surface area contributed by atoms with Crippen LogP contribution in [0.25, 0.3) is 5.65 Å². The summed E-state index contributed by atoms with van der Waals surface area (Å²) >= 11 is 0. The average molecular weight is 320 g/mol. The lowest BCUT2D eigenvalue weighted by molar-refractivity contribution is 0.574. The Hall–Kier alpha value is -2.49. The summed E-state index contributed by atoms with van der Waals surface area (Å²) < 4.78 is 2.01. The highest BCUT2D eigenvalue weighted by atomic mass is 15.2. The van der Waals surface area contributed by atoms with Crippen molar-refractivity contribution in [2.24, 2.45) is 10.2 Å². The van der Waals surface area contributed by atoms with Gasteiger partial charge in [-0.15, -0.1) is 10.2 Å². The molecule has 0 amide bonds. The Labute approximate surface area is 143 Å². The third-order valence-electron chi connectivity index (χ3n) is 3.93. The molecule has 0 saturated heterocycles. The van der Waals surface area contributed by atoms with Gasteiger partial charge >= 0.3 is 0 Å². The molecule has 0 aliphatic heterocycles. The summed E-state index contributed by atoms with van der Waals surface area (Å²) in [6.45, 7) is 12.7. The van der Waals surface area contributed by atoms with Crippen LogP contribution in [0.4, 0.5) is 11.5 Å². The quantitative estimate of drug-likeness (QED) is 0.536. The third-order valence-corrected chi connectivity index (χ3v) is 3.93. The molecule has 24 heavy (non-hydrogen) atoms. The second-order valence-corrected chi connectivity index (χ2v) is 7.51. The van der Waals surface area contributed by atoms with Crippen LogP contribution in [-0.2, 0) is 5.41 Å². The van der Waals surface area contributed by atoms with Gasteiger partial charge in [-0.2, -0.15) is 0 Å². The highest BCUT2D eigenvalue weighted by Gasteiger charge is 2.24. The molecule has 0 bridgehead atoms. The summed E-state index contributed by atoms with van der Waals surface area (Å²) in [5.74, 6) is 0.802. The number of imidazole rings is 1. The lowest BCUT2D eigenvalue weighted by atomic mass is 9.92. The van der Waals surface area contributed by atoms with Crippen LogP contribution in [0, 0.1) is 20.8 Å². The first kappa shape index (κ1) is 16.4. The Balaban J connectivity index is 2.15. The summed E-state index contributed by atoms with van der Waals surface area (Å²) in [5, 5.41) is 9.05. The van der Waals surface area contributed by atoms with E-state index in [1.54, 1.807) is 0 Å². The lowest BCUT2D eigenvalue weighted by Crippen LogP contribution is -2.11. The number of hydrogen-bond donors (Lipinski definition) is 0. The van der Waals surface area contributed by atoms with Crippen molar-refractivity contribution in [2.75, 3.05) is 0 Å². The number of azo groups is 1. The summed E-state index contributed by atoms with van der Waals surface area (Å²) in [4.78, 5) is 4.80. The van der Waals surface area contributed by atoms with Crippen LogP contribution in [0.1, 0.15) is 43.2 Å². The Morgan fingerprint density at radius 3 is 2.17 bits per heavy atom. The van der Waals surface area contributed by atoms with Crippen molar-refractivity contribution in [3.8, 4) is 0 Å². The number of fused-ring (bicyclic) bond motifs is 1. The van der Waals surface area contributed by atoms with Gasteiger partial charge in [0.2, 0.25) is 0 Å². The number of nitrogens with zero attached hydrogens (tertiary/aromatic N) is 4. The summed E-state index contributed by atoms with van der Waals surface area (Å²) in [5.41, 5.74) is 6.20. The number of hydrogen-bond acceptors (Lipinski definition) is 3. The van der Waals surface area contributed by atoms with Gasteiger partial charge in [0.15, 0.2) is 5.82 Å². The minimum absolute atomic E-state index is 0.100. The molecule has 0 N–H and O–H groups in total. The van der Waals surface area contributed by atoms with E-state index in [-0.39, 0.29) is 5.41 Å². The van der Waals surface area contributed by atoms with Gasteiger partial charge in [0, 0.05) is 11.6 Å². The van der Waals surface area contributed by atoms with E-state index >= 15 is 0 Å². The molecule has 0 aliphatic rings. The van der Waals surface area contributed by atoms with Crippen molar-refractivity contribution < 1.29 is 0 Å². The van der Waals surface area contributed by atoms with E-state index in [1.165, 1.54) is 16.7 Å². The largest absolute Gasteiger partial charge is 0.283 e. The van der Waals surface area contributed by atoms with Gasteiger partial charge in [-0.3, -0.25) is 4.40 Å². The third kappa shape index (κ3) is 3.23. The summed E-state index contributed by atoms with van der Waals surface area (Å²) in [6, 6.07) is 10.4. The molecule has 0 unspecified atom stereocenters. The molecule has 0 saturated carbocycles. The molecule has 0 aliphatic carbocycles. The van der Waals surface area contributed by atoms with Crippen molar-refractivity contribution in [3.63, 3.8) is 0 Å². The standard InChI is InChI=1S/C20H24N4/c1-13-7-8-24-17(12-13)21-18(20(4,5)6)19(24)23-22-16-10-14(2)9-15(3)11-16/h7-12H,1-6H3. The second kappa shape index (κ2) is 5.86. The smallest absolute Gasteiger partial charge is 0.183 e. The van der Waals surface area contributed by atoms with Crippen LogP contribution in [0.5, 0.6) is 0 Å². The first-order valence-corrected chi connectivity index (χ1v) is 8.23. The van der Waals surface area contributed by atoms with E-state index in [4.69, 9.17) is 4.98 Å². The molecular formula is C20H24N4. The minimum atomic E-state index is -0.100. The Morgan fingerprint density at radius 1 is 0.875 bits per heavy atom. The molecule has 4 nitrogen and oxygen atoms in total. The van der Waals surface area contributed by atoms with E-state index in [1.807, 2.05) is 22.7 Å². The predicted octanol–water partition coefficient (Wildman–Crippen LogP) is 5.97. The fraction of sp³-hybridized carbons (Fsp3) is 0.350. The van der Waals surface area contributed by atoms with Crippen LogP contribution in [0.15, 0.2) is 46.8 Å². The van der Waals surface area contributed by atoms with Crippen LogP contribution in [-0.4, -0.2) is 9.38 Å². The zero-order valence-corrected chi connectivity index (χ0v) is 15.3. The number of aromatic nitrogens is 2. The van der Waals surface area contributed by atoms with Crippen LogP contribution in [0.2, 0.25) is 0 Å². The summed E-state index contributed by atoms with van der Waals surface area (Å²) in [7, 11) is 0. The number of rotatable bonds is 2. The summed E-state index contributed by atoms with van der Waals surface area (Å²) in [6.07, 6.45) is 2.02. The Kier molecular flexibility index (Phi) is 3.99. The van der Waals surface area contributed by atoms with Gasteiger partial charge in [0.05, 0.1) is 11.4 Å². The molecule has 0 atom stereocenters. The van der Waals surface area contributed by atoms with Gasteiger partial charge in [-0.05, 0) is 61.7 Å². The predicted molar refractivity (Wildman–Crippen MR) is 98.7 cm³/mol. The molecule has 3 aromatic rings. The maximum atomic E-state index is 4.80. The highest BCUT2D eigenvalue weighted by molar-refractivity contribution is 5.55. The highest BCUT2D eigenvalue weighted by Crippen LogP contribution is 2.33. The Morgan fingerprint density at radius 2 is 1.54 bits per heavy atom.